The van der Waals surface area contributed by atoms with Gasteiger partial charge in [-0.1, -0.05) is 5.16 Å². The molecule has 0 saturated carbocycles. The molecule has 3 N–H and O–H groups in total. The molecule has 0 aliphatic heterocycles. The molecule has 0 aromatic carbocycles. The molecule has 16 heavy (non-hydrogen) atoms. The third-order valence-corrected chi connectivity index (χ3v) is 1.84. The van der Waals surface area contributed by atoms with Gasteiger partial charge < -0.3 is 20.2 Å². The fraction of sp³-hybridized carbons (Fsp3) is 0.778. The van der Waals surface area contributed by atoms with Gasteiger partial charge in [0.2, 0.25) is 0 Å². The summed E-state index contributed by atoms with van der Waals surface area (Å²) in [5, 5.41) is 29.0. The second kappa shape index (κ2) is 9.08. The number of esters is 1. The molecular formula is C9H18N2O5. The Bertz CT molecular complexity index is 226. The van der Waals surface area contributed by atoms with Crippen molar-refractivity contribution < 1.29 is 25.0 Å². The quantitative estimate of drug-likeness (QED) is 0.208. The van der Waals surface area contributed by atoms with Gasteiger partial charge in [0, 0.05) is 13.1 Å². The number of ether oxygens (including phenoxy) is 1. The molecule has 7 nitrogen and oxygen atoms in total. The van der Waals surface area contributed by atoms with E-state index in [1.54, 1.807) is 11.8 Å². The van der Waals surface area contributed by atoms with Crippen LogP contribution >= 0.6 is 0 Å². The second-order valence-corrected chi connectivity index (χ2v) is 2.99. The predicted octanol–water partition coefficient (Wildman–Crippen LogP) is -1.33. The molecule has 0 aliphatic rings. The van der Waals surface area contributed by atoms with E-state index >= 15 is 0 Å². The Morgan fingerprint density at radius 2 is 1.88 bits per heavy atom. The lowest BCUT2D eigenvalue weighted by Crippen LogP contribution is -2.38. The number of nitrogens with zero attached hydrogens (tertiary/aromatic N) is 2. The lowest BCUT2D eigenvalue weighted by atomic mass is 10.3. The van der Waals surface area contributed by atoms with E-state index in [0.29, 0.717) is 0 Å². The summed E-state index contributed by atoms with van der Waals surface area (Å²) in [6, 6.07) is 0. The first-order valence-corrected chi connectivity index (χ1v) is 5.01. The SMILES string of the molecule is CCOC(=O)/C(CN(CCO)CCO)=N\O. The molecule has 0 aliphatic carbocycles. The molecule has 7 heteroatoms. The summed E-state index contributed by atoms with van der Waals surface area (Å²) in [4.78, 5) is 12.8. The molecule has 0 fully saturated rings. The minimum Gasteiger partial charge on any atom is -0.461 e. The average molecular weight is 234 g/mol. The third kappa shape index (κ3) is 5.64. The zero-order valence-electron chi connectivity index (χ0n) is 9.30. The number of carbonyl (C=O) groups excluding carboxylic acids is 1. The monoisotopic (exact) mass is 234 g/mol. The highest BCUT2D eigenvalue weighted by molar-refractivity contribution is 6.37. The minimum absolute atomic E-state index is 0.0243. The summed E-state index contributed by atoms with van der Waals surface area (Å²) in [5.74, 6) is -0.703. The zero-order chi connectivity index (χ0) is 12.4. The first-order valence-electron chi connectivity index (χ1n) is 5.01. The normalized spacial score (nSPS) is 11.9. The van der Waals surface area contributed by atoms with Gasteiger partial charge in [-0.15, -0.1) is 0 Å². The standard InChI is InChI=1S/C9H18N2O5/c1-2-16-9(14)8(10-15)7-11(3-5-12)4-6-13/h12-13,15H,2-7H2,1H3/b10-8-. The maximum atomic E-state index is 11.3. The van der Waals surface area contributed by atoms with E-state index in [9.17, 15) is 4.79 Å². The van der Waals surface area contributed by atoms with Crippen molar-refractivity contribution >= 4 is 11.7 Å². The van der Waals surface area contributed by atoms with Gasteiger partial charge in [0.05, 0.1) is 26.4 Å². The van der Waals surface area contributed by atoms with E-state index in [4.69, 9.17) is 15.4 Å². The highest BCUT2D eigenvalue weighted by atomic mass is 16.5. The molecule has 0 aromatic rings. The van der Waals surface area contributed by atoms with Crippen LogP contribution in [0.25, 0.3) is 0 Å². The topological polar surface area (TPSA) is 103 Å². The summed E-state index contributed by atoms with van der Waals surface area (Å²) in [6.45, 7) is 2.20. The van der Waals surface area contributed by atoms with Gasteiger partial charge in [0.15, 0.2) is 5.71 Å². The number of carbonyl (C=O) groups is 1. The van der Waals surface area contributed by atoms with Crippen LogP contribution in [0, 0.1) is 0 Å². The maximum Gasteiger partial charge on any atom is 0.357 e. The van der Waals surface area contributed by atoms with Crippen molar-refractivity contribution in [2.45, 2.75) is 6.92 Å². The first-order chi connectivity index (χ1) is 7.69. The van der Waals surface area contributed by atoms with Crippen LogP contribution in [0.5, 0.6) is 0 Å². The van der Waals surface area contributed by atoms with Crippen LogP contribution in [0.2, 0.25) is 0 Å². The van der Waals surface area contributed by atoms with Crippen molar-refractivity contribution in [3.63, 3.8) is 0 Å². The molecule has 0 rings (SSSR count). The number of hydrogen-bond acceptors (Lipinski definition) is 7. The fourth-order valence-electron chi connectivity index (χ4n) is 1.12. The minimum atomic E-state index is -0.703. The van der Waals surface area contributed by atoms with Crippen molar-refractivity contribution in [1.82, 2.24) is 4.90 Å². The largest absolute Gasteiger partial charge is 0.461 e. The molecule has 0 unspecified atom stereocenters. The van der Waals surface area contributed by atoms with Crippen LogP contribution in [-0.4, -0.2) is 71.5 Å². The molecule has 0 heterocycles. The number of aliphatic hydroxyl groups is 2. The van der Waals surface area contributed by atoms with Gasteiger partial charge in [-0.25, -0.2) is 4.79 Å². The van der Waals surface area contributed by atoms with Gasteiger partial charge in [-0.3, -0.25) is 4.90 Å². The Balaban J connectivity index is 4.31. The first kappa shape index (κ1) is 14.8. The van der Waals surface area contributed by atoms with Gasteiger partial charge in [0.1, 0.15) is 0 Å². The van der Waals surface area contributed by atoms with E-state index in [2.05, 4.69) is 9.89 Å². The third-order valence-electron chi connectivity index (χ3n) is 1.84. The fourth-order valence-corrected chi connectivity index (χ4v) is 1.12. The lowest BCUT2D eigenvalue weighted by Gasteiger charge is -2.19. The molecule has 0 saturated heterocycles. The highest BCUT2D eigenvalue weighted by Crippen LogP contribution is 1.92. The van der Waals surface area contributed by atoms with Crippen molar-refractivity contribution in [2.75, 3.05) is 39.5 Å². The van der Waals surface area contributed by atoms with Crippen LogP contribution in [0.3, 0.4) is 0 Å². The molecule has 0 amide bonds. The number of rotatable bonds is 8. The van der Waals surface area contributed by atoms with Crippen LogP contribution in [-0.2, 0) is 9.53 Å². The van der Waals surface area contributed by atoms with Crippen LogP contribution < -0.4 is 0 Å². The number of oxime groups is 1. The smallest absolute Gasteiger partial charge is 0.357 e. The van der Waals surface area contributed by atoms with Crippen LogP contribution in [0.15, 0.2) is 5.16 Å². The van der Waals surface area contributed by atoms with Gasteiger partial charge in [-0.2, -0.15) is 0 Å². The van der Waals surface area contributed by atoms with Crippen LogP contribution in [0.1, 0.15) is 6.92 Å². The molecule has 94 valence electrons. The van der Waals surface area contributed by atoms with Crippen molar-refractivity contribution in [3.05, 3.63) is 0 Å². The molecule has 0 spiro atoms. The molecule has 0 aromatic heterocycles. The number of hydrogen-bond donors (Lipinski definition) is 3. The number of aliphatic hydroxyl groups excluding tert-OH is 2. The average Bonchev–Trinajstić information content (AvgIpc) is 2.26. The Hall–Kier alpha value is -1.18. The Labute approximate surface area is 93.9 Å². The summed E-state index contributed by atoms with van der Waals surface area (Å²) in [7, 11) is 0. The van der Waals surface area contributed by atoms with Crippen LogP contribution in [0.4, 0.5) is 0 Å². The summed E-state index contributed by atoms with van der Waals surface area (Å²) < 4.78 is 4.67. The van der Waals surface area contributed by atoms with Crippen molar-refractivity contribution in [3.8, 4) is 0 Å². The van der Waals surface area contributed by atoms with E-state index in [1.807, 2.05) is 0 Å². The van der Waals surface area contributed by atoms with E-state index < -0.39 is 5.97 Å². The summed E-state index contributed by atoms with van der Waals surface area (Å²) >= 11 is 0. The highest BCUT2D eigenvalue weighted by Gasteiger charge is 2.17. The Morgan fingerprint density at radius 3 is 2.25 bits per heavy atom. The predicted molar refractivity (Wildman–Crippen MR) is 56.5 cm³/mol. The van der Waals surface area contributed by atoms with Crippen molar-refractivity contribution in [1.29, 1.82) is 0 Å². The van der Waals surface area contributed by atoms with Crippen molar-refractivity contribution in [2.24, 2.45) is 5.16 Å². The molecule has 0 atom stereocenters. The Morgan fingerprint density at radius 1 is 1.31 bits per heavy atom. The second-order valence-electron chi connectivity index (χ2n) is 2.99. The Kier molecular flexibility index (Phi) is 8.41. The van der Waals surface area contributed by atoms with E-state index in [0.717, 1.165) is 0 Å². The van der Waals surface area contributed by atoms with Gasteiger partial charge in [-0.05, 0) is 6.92 Å². The van der Waals surface area contributed by atoms with Gasteiger partial charge in [0.25, 0.3) is 0 Å². The molecular weight excluding hydrogens is 216 g/mol. The molecule has 0 radical (unpaired) electrons. The zero-order valence-corrected chi connectivity index (χ0v) is 9.30. The van der Waals surface area contributed by atoms with E-state index in [1.165, 1.54) is 0 Å². The van der Waals surface area contributed by atoms with E-state index in [-0.39, 0.29) is 45.2 Å². The maximum absolute atomic E-state index is 11.3. The molecule has 0 bridgehead atoms. The van der Waals surface area contributed by atoms with Gasteiger partial charge >= 0.3 is 5.97 Å². The lowest BCUT2D eigenvalue weighted by molar-refractivity contribution is -0.135. The summed E-state index contributed by atoms with van der Waals surface area (Å²) in [6.07, 6.45) is 0. The summed E-state index contributed by atoms with van der Waals surface area (Å²) in [5.41, 5.74) is -0.149.